The van der Waals surface area contributed by atoms with Crippen molar-refractivity contribution < 1.29 is 24.1 Å². The Morgan fingerprint density at radius 1 is 0.931 bits per heavy atom. The number of nitrogens with zero attached hydrogens (tertiary/aromatic N) is 2. The molecule has 7 heteroatoms. The maximum absolute atomic E-state index is 11.8. The molecular weight excluding hydrogens is 372 g/mol. The van der Waals surface area contributed by atoms with E-state index in [1.807, 2.05) is 31.2 Å². The van der Waals surface area contributed by atoms with Gasteiger partial charge in [0.2, 0.25) is 11.8 Å². The average molecular weight is 392 g/mol. The highest BCUT2D eigenvalue weighted by Gasteiger charge is 2.20. The van der Waals surface area contributed by atoms with Crippen molar-refractivity contribution in [3.05, 3.63) is 77.8 Å². The molecule has 0 bridgehead atoms. The maximum Gasteiger partial charge on any atom is 0.339 e. The van der Waals surface area contributed by atoms with Crippen LogP contribution in [0.15, 0.2) is 66.7 Å². The minimum Gasteiger partial charge on any atom is -0.500 e. The second-order valence-corrected chi connectivity index (χ2v) is 6.10. The van der Waals surface area contributed by atoms with E-state index in [9.17, 15) is 9.90 Å². The summed E-state index contributed by atoms with van der Waals surface area (Å²) in [5.41, 5.74) is 1.35. The van der Waals surface area contributed by atoms with Crippen LogP contribution in [-0.4, -0.2) is 28.2 Å². The molecule has 148 valence electrons. The van der Waals surface area contributed by atoms with E-state index in [2.05, 4.69) is 9.97 Å². The second-order valence-electron chi connectivity index (χ2n) is 6.10. The standard InChI is InChI=1S/C22H20N2O5/c1-14-8-4-6-10-17(14)28-19-12-20(24-13-23-19)29-18-11-7-5-9-16(18)21(22(25)26)15(2)27-3/h4-13H,1-3H3,(H,25,26)/b21-15+. The van der Waals surface area contributed by atoms with Gasteiger partial charge in [0.25, 0.3) is 0 Å². The van der Waals surface area contributed by atoms with Crippen LogP contribution in [0.25, 0.3) is 5.57 Å². The van der Waals surface area contributed by atoms with Gasteiger partial charge in [-0.25, -0.2) is 14.8 Å². The van der Waals surface area contributed by atoms with Crippen molar-refractivity contribution in [2.24, 2.45) is 0 Å². The Hall–Kier alpha value is -3.87. The molecule has 3 aromatic rings. The number of aryl methyl sites for hydroxylation is 1. The number of aromatic nitrogens is 2. The minimum atomic E-state index is -1.12. The van der Waals surface area contributed by atoms with E-state index in [0.717, 1.165) is 5.56 Å². The summed E-state index contributed by atoms with van der Waals surface area (Å²) in [5.74, 6) is 0.664. The summed E-state index contributed by atoms with van der Waals surface area (Å²) >= 11 is 0. The number of carboxylic acids is 1. The van der Waals surface area contributed by atoms with Crippen molar-refractivity contribution in [3.8, 4) is 23.3 Å². The first-order valence-electron chi connectivity index (χ1n) is 8.80. The van der Waals surface area contributed by atoms with Crippen molar-refractivity contribution >= 4 is 11.5 Å². The largest absolute Gasteiger partial charge is 0.500 e. The number of ether oxygens (including phenoxy) is 3. The van der Waals surface area contributed by atoms with E-state index in [-0.39, 0.29) is 17.2 Å². The topological polar surface area (TPSA) is 90.8 Å². The molecule has 0 fully saturated rings. The average Bonchev–Trinajstić information content (AvgIpc) is 2.71. The molecule has 3 rings (SSSR count). The Labute approximate surface area is 168 Å². The first-order chi connectivity index (χ1) is 14.0. The van der Waals surface area contributed by atoms with Crippen molar-refractivity contribution in [2.45, 2.75) is 13.8 Å². The third-order valence-corrected chi connectivity index (χ3v) is 4.17. The molecule has 7 nitrogen and oxygen atoms in total. The van der Waals surface area contributed by atoms with Gasteiger partial charge in [-0.1, -0.05) is 36.4 Å². The van der Waals surface area contributed by atoms with E-state index < -0.39 is 5.97 Å². The molecule has 1 aromatic heterocycles. The number of hydrogen-bond donors (Lipinski definition) is 1. The van der Waals surface area contributed by atoms with Gasteiger partial charge >= 0.3 is 5.97 Å². The number of aliphatic carboxylic acids is 1. The Balaban J connectivity index is 1.92. The van der Waals surface area contributed by atoms with Crippen LogP contribution in [0.3, 0.4) is 0 Å². The summed E-state index contributed by atoms with van der Waals surface area (Å²) in [7, 11) is 1.42. The molecule has 1 heterocycles. The zero-order chi connectivity index (χ0) is 20.8. The lowest BCUT2D eigenvalue weighted by Crippen LogP contribution is -2.05. The zero-order valence-electron chi connectivity index (χ0n) is 16.2. The number of carbonyl (C=O) groups is 1. The van der Waals surface area contributed by atoms with Crippen LogP contribution in [0.5, 0.6) is 23.3 Å². The Kier molecular flexibility index (Phi) is 6.09. The van der Waals surface area contributed by atoms with Gasteiger partial charge in [-0.15, -0.1) is 0 Å². The highest BCUT2D eigenvalue weighted by Crippen LogP contribution is 2.33. The number of benzene rings is 2. The van der Waals surface area contributed by atoms with E-state index in [0.29, 0.717) is 22.9 Å². The summed E-state index contributed by atoms with van der Waals surface area (Å²) in [6.45, 7) is 3.52. The van der Waals surface area contributed by atoms with Crippen molar-refractivity contribution in [2.75, 3.05) is 7.11 Å². The number of hydrogen-bond acceptors (Lipinski definition) is 6. The molecule has 2 aromatic carbocycles. The third kappa shape index (κ3) is 4.70. The number of para-hydroxylation sites is 2. The monoisotopic (exact) mass is 392 g/mol. The summed E-state index contributed by atoms with van der Waals surface area (Å²) in [4.78, 5) is 20.0. The highest BCUT2D eigenvalue weighted by molar-refractivity contribution is 6.16. The SMILES string of the molecule is CO/C(C)=C(/C(=O)O)c1ccccc1Oc1cc(Oc2ccccc2C)ncn1. The van der Waals surface area contributed by atoms with Gasteiger partial charge in [0.05, 0.1) is 13.2 Å². The first kappa shape index (κ1) is 19.9. The quantitative estimate of drug-likeness (QED) is 0.455. The van der Waals surface area contributed by atoms with Gasteiger partial charge in [0, 0.05) is 5.56 Å². The fourth-order valence-electron chi connectivity index (χ4n) is 2.65. The summed E-state index contributed by atoms with van der Waals surface area (Å²) in [5, 5.41) is 9.61. The summed E-state index contributed by atoms with van der Waals surface area (Å²) in [6, 6.07) is 15.9. The van der Waals surface area contributed by atoms with Gasteiger partial charge in [-0.2, -0.15) is 0 Å². The molecule has 0 radical (unpaired) electrons. The molecule has 0 aliphatic rings. The molecule has 0 atom stereocenters. The van der Waals surface area contributed by atoms with Crippen LogP contribution in [0.2, 0.25) is 0 Å². The normalized spacial score (nSPS) is 11.4. The Morgan fingerprint density at radius 3 is 2.14 bits per heavy atom. The van der Waals surface area contributed by atoms with Crippen LogP contribution in [0.1, 0.15) is 18.1 Å². The second kappa shape index (κ2) is 8.88. The molecule has 1 N–H and O–H groups in total. The number of methoxy groups -OCH3 is 1. The van der Waals surface area contributed by atoms with Gasteiger partial charge in [0.15, 0.2) is 0 Å². The third-order valence-electron chi connectivity index (χ3n) is 4.17. The van der Waals surface area contributed by atoms with E-state index in [1.165, 1.54) is 19.5 Å². The van der Waals surface area contributed by atoms with E-state index in [1.54, 1.807) is 31.2 Å². The number of allylic oxidation sites excluding steroid dienone is 1. The fraction of sp³-hybridized carbons (Fsp3) is 0.136. The molecule has 0 saturated heterocycles. The molecule has 0 spiro atoms. The molecule has 0 aliphatic carbocycles. The van der Waals surface area contributed by atoms with Crippen LogP contribution in [0, 0.1) is 6.92 Å². The Morgan fingerprint density at radius 2 is 1.52 bits per heavy atom. The van der Waals surface area contributed by atoms with Crippen molar-refractivity contribution in [3.63, 3.8) is 0 Å². The van der Waals surface area contributed by atoms with Crippen LogP contribution in [-0.2, 0) is 9.53 Å². The van der Waals surface area contributed by atoms with Gasteiger partial charge < -0.3 is 19.3 Å². The number of rotatable bonds is 7. The van der Waals surface area contributed by atoms with Gasteiger partial charge in [-0.05, 0) is 31.5 Å². The highest BCUT2D eigenvalue weighted by atomic mass is 16.5. The molecule has 0 saturated carbocycles. The van der Waals surface area contributed by atoms with Crippen LogP contribution < -0.4 is 9.47 Å². The van der Waals surface area contributed by atoms with E-state index in [4.69, 9.17) is 14.2 Å². The number of carboxylic acid groups (broad SMARTS) is 1. The summed E-state index contributed by atoms with van der Waals surface area (Å²) < 4.78 is 16.8. The van der Waals surface area contributed by atoms with E-state index >= 15 is 0 Å². The fourth-order valence-corrected chi connectivity index (χ4v) is 2.65. The molecule has 29 heavy (non-hydrogen) atoms. The predicted molar refractivity (Wildman–Crippen MR) is 107 cm³/mol. The predicted octanol–water partition coefficient (Wildman–Crippen LogP) is 4.83. The van der Waals surface area contributed by atoms with Crippen molar-refractivity contribution in [1.29, 1.82) is 0 Å². The lowest BCUT2D eigenvalue weighted by molar-refractivity contribution is -0.130. The van der Waals surface area contributed by atoms with Gasteiger partial charge in [0.1, 0.15) is 29.2 Å². The molecular formula is C22H20N2O5. The van der Waals surface area contributed by atoms with Crippen molar-refractivity contribution in [1.82, 2.24) is 9.97 Å². The van der Waals surface area contributed by atoms with Crippen LogP contribution >= 0.6 is 0 Å². The summed E-state index contributed by atoms with van der Waals surface area (Å²) in [6.07, 6.45) is 1.32. The van der Waals surface area contributed by atoms with Crippen LogP contribution in [0.4, 0.5) is 0 Å². The molecule has 0 amide bonds. The lowest BCUT2D eigenvalue weighted by Gasteiger charge is -2.13. The van der Waals surface area contributed by atoms with Gasteiger partial charge in [-0.3, -0.25) is 0 Å². The smallest absolute Gasteiger partial charge is 0.339 e. The minimum absolute atomic E-state index is 0.00791. The molecule has 0 unspecified atom stereocenters. The molecule has 0 aliphatic heterocycles. The first-order valence-corrected chi connectivity index (χ1v) is 8.80. The lowest BCUT2D eigenvalue weighted by atomic mass is 10.0. The maximum atomic E-state index is 11.8. The Bertz CT molecular complexity index is 1060. The zero-order valence-corrected chi connectivity index (χ0v) is 16.2.